The third-order valence-electron chi connectivity index (χ3n) is 5.48. The highest BCUT2D eigenvalue weighted by Crippen LogP contribution is 2.44. The largest absolute Gasteiger partial charge is 0.479 e. The highest BCUT2D eigenvalue weighted by atomic mass is 16.7. The molecule has 32 heavy (non-hydrogen) atoms. The molecule has 1 aliphatic carbocycles. The van der Waals surface area contributed by atoms with Gasteiger partial charge in [-0.15, -0.1) is 0 Å². The predicted octanol–water partition coefficient (Wildman–Crippen LogP) is 3.46. The van der Waals surface area contributed by atoms with Crippen molar-refractivity contribution in [3.63, 3.8) is 0 Å². The summed E-state index contributed by atoms with van der Waals surface area (Å²) in [7, 11) is 0. The Morgan fingerprint density at radius 1 is 1.00 bits per heavy atom. The molecule has 0 radical (unpaired) electrons. The van der Waals surface area contributed by atoms with Crippen LogP contribution in [0, 0.1) is 5.92 Å². The summed E-state index contributed by atoms with van der Waals surface area (Å²) in [6.45, 7) is 3.79. The Balaban J connectivity index is 1.40. The van der Waals surface area contributed by atoms with E-state index in [1.54, 1.807) is 0 Å². The summed E-state index contributed by atoms with van der Waals surface area (Å²) in [5.41, 5.74) is 6.78. The van der Waals surface area contributed by atoms with Gasteiger partial charge in [0, 0.05) is 18.9 Å². The van der Waals surface area contributed by atoms with E-state index in [1.807, 2.05) is 31.2 Å². The molecule has 2 atom stereocenters. The van der Waals surface area contributed by atoms with Crippen LogP contribution in [0.5, 0.6) is 0 Å². The molecule has 0 bridgehead atoms. The molecular formula is C24H28N2O6. The zero-order chi connectivity index (χ0) is 23.1. The van der Waals surface area contributed by atoms with Crippen LogP contribution in [0.4, 0.5) is 4.79 Å². The van der Waals surface area contributed by atoms with Gasteiger partial charge in [0.2, 0.25) is 5.91 Å². The van der Waals surface area contributed by atoms with Crippen molar-refractivity contribution in [2.24, 2.45) is 5.92 Å². The second kappa shape index (κ2) is 10.8. The van der Waals surface area contributed by atoms with Crippen LogP contribution < -0.4 is 10.8 Å². The fraction of sp³-hybridized carbons (Fsp3) is 0.375. The van der Waals surface area contributed by atoms with E-state index in [0.29, 0.717) is 13.0 Å². The number of aliphatic carboxylic acids is 1. The number of carbonyl (C=O) groups excluding carboxylic acids is 2. The number of fused-ring (bicyclic) bond motifs is 3. The predicted molar refractivity (Wildman–Crippen MR) is 118 cm³/mol. The van der Waals surface area contributed by atoms with Gasteiger partial charge in [-0.05, 0) is 41.5 Å². The van der Waals surface area contributed by atoms with Crippen LogP contribution in [0.3, 0.4) is 0 Å². The Morgan fingerprint density at radius 2 is 1.59 bits per heavy atom. The fourth-order valence-electron chi connectivity index (χ4n) is 3.73. The highest BCUT2D eigenvalue weighted by Gasteiger charge is 2.29. The molecular weight excluding hydrogens is 412 g/mol. The highest BCUT2D eigenvalue weighted by molar-refractivity contribution is 5.79. The van der Waals surface area contributed by atoms with Crippen LogP contribution in [0.2, 0.25) is 0 Å². The molecule has 0 spiro atoms. The summed E-state index contributed by atoms with van der Waals surface area (Å²) in [6.07, 6.45) is -0.906. The number of ether oxygens (including phenoxy) is 1. The number of carboxylic acids is 1. The summed E-state index contributed by atoms with van der Waals surface area (Å²) in [5.74, 6) is -1.60. The fourth-order valence-corrected chi connectivity index (χ4v) is 3.73. The van der Waals surface area contributed by atoms with Crippen LogP contribution >= 0.6 is 0 Å². The van der Waals surface area contributed by atoms with Crippen LogP contribution in [-0.4, -0.2) is 42.3 Å². The quantitative estimate of drug-likeness (QED) is 0.488. The number of amides is 2. The lowest BCUT2D eigenvalue weighted by molar-refractivity contribution is -0.159. The van der Waals surface area contributed by atoms with Crippen LogP contribution in [0.1, 0.15) is 43.7 Å². The first-order valence-electron chi connectivity index (χ1n) is 10.6. The third kappa shape index (κ3) is 5.85. The lowest BCUT2D eigenvalue weighted by Crippen LogP contribution is -2.33. The second-order valence-electron chi connectivity index (χ2n) is 7.97. The average Bonchev–Trinajstić information content (AvgIpc) is 3.09. The summed E-state index contributed by atoms with van der Waals surface area (Å²) < 4.78 is 5.48. The molecule has 3 rings (SSSR count). The number of hydroxylamine groups is 1. The van der Waals surface area contributed by atoms with Gasteiger partial charge in [-0.25, -0.2) is 15.1 Å². The van der Waals surface area contributed by atoms with Crippen LogP contribution in [0.25, 0.3) is 11.1 Å². The SMILES string of the molecule is CC(CCNC(=O)OCC1c2ccccc2-c2ccccc21)CC(=O)NOC(C)C(=O)O. The van der Waals surface area contributed by atoms with E-state index in [9.17, 15) is 14.4 Å². The first kappa shape index (κ1) is 23.3. The molecule has 8 nitrogen and oxygen atoms in total. The Labute approximate surface area is 186 Å². The number of nitrogens with one attached hydrogen (secondary N) is 2. The standard InChI is InChI=1S/C24H28N2O6/c1-15(13-22(27)26-32-16(2)23(28)29)11-12-25-24(30)31-14-21-19-9-5-3-7-17(19)18-8-4-6-10-20(18)21/h3-10,15-16,21H,11-14H2,1-2H3,(H,25,30)(H,26,27)(H,28,29). The summed E-state index contributed by atoms with van der Waals surface area (Å²) in [4.78, 5) is 39.4. The maximum atomic E-state index is 12.2. The van der Waals surface area contributed by atoms with E-state index < -0.39 is 24.1 Å². The monoisotopic (exact) mass is 440 g/mol. The Morgan fingerprint density at radius 3 is 2.19 bits per heavy atom. The smallest absolute Gasteiger partial charge is 0.407 e. The normalized spacial score (nSPS) is 14.1. The van der Waals surface area contributed by atoms with Crippen molar-refractivity contribution < 1.29 is 29.1 Å². The number of benzene rings is 2. The number of hydrogen-bond donors (Lipinski definition) is 3. The number of carbonyl (C=O) groups is 3. The van der Waals surface area contributed by atoms with Crippen molar-refractivity contribution in [2.45, 2.75) is 38.7 Å². The van der Waals surface area contributed by atoms with Crippen molar-refractivity contribution in [1.82, 2.24) is 10.8 Å². The van der Waals surface area contributed by atoms with Crippen LogP contribution in [-0.2, 0) is 19.2 Å². The molecule has 2 aromatic carbocycles. The molecule has 0 heterocycles. The number of carboxylic acid groups (broad SMARTS) is 1. The Bertz CT molecular complexity index is 931. The van der Waals surface area contributed by atoms with E-state index >= 15 is 0 Å². The van der Waals surface area contributed by atoms with Gasteiger partial charge in [0.25, 0.3) is 0 Å². The minimum atomic E-state index is -1.16. The molecule has 2 aromatic rings. The molecule has 0 aromatic heterocycles. The third-order valence-corrected chi connectivity index (χ3v) is 5.48. The molecule has 2 unspecified atom stereocenters. The maximum Gasteiger partial charge on any atom is 0.407 e. The van der Waals surface area contributed by atoms with Crippen molar-refractivity contribution in [3.8, 4) is 11.1 Å². The molecule has 0 aliphatic heterocycles. The first-order chi connectivity index (χ1) is 15.4. The van der Waals surface area contributed by atoms with E-state index in [4.69, 9.17) is 14.7 Å². The van der Waals surface area contributed by atoms with Crippen molar-refractivity contribution >= 4 is 18.0 Å². The van der Waals surface area contributed by atoms with Gasteiger partial charge in [0.15, 0.2) is 6.10 Å². The van der Waals surface area contributed by atoms with Gasteiger partial charge < -0.3 is 15.2 Å². The van der Waals surface area contributed by atoms with E-state index in [1.165, 1.54) is 18.1 Å². The van der Waals surface area contributed by atoms with E-state index in [0.717, 1.165) is 11.1 Å². The van der Waals surface area contributed by atoms with Crippen molar-refractivity contribution in [3.05, 3.63) is 59.7 Å². The molecule has 0 fully saturated rings. The van der Waals surface area contributed by atoms with Gasteiger partial charge in [-0.2, -0.15) is 0 Å². The molecule has 0 saturated carbocycles. The molecule has 2 amide bonds. The summed E-state index contributed by atoms with van der Waals surface area (Å²) >= 11 is 0. The lowest BCUT2D eigenvalue weighted by Gasteiger charge is -2.15. The average molecular weight is 440 g/mol. The molecule has 1 aliphatic rings. The Kier molecular flexibility index (Phi) is 7.83. The number of rotatable bonds is 10. The van der Waals surface area contributed by atoms with Crippen molar-refractivity contribution in [2.75, 3.05) is 13.2 Å². The van der Waals surface area contributed by atoms with Gasteiger partial charge >= 0.3 is 12.1 Å². The minimum absolute atomic E-state index is 0.00367. The van der Waals surface area contributed by atoms with Gasteiger partial charge in [-0.1, -0.05) is 55.5 Å². The van der Waals surface area contributed by atoms with Gasteiger partial charge in [0.05, 0.1) is 0 Å². The number of hydrogen-bond acceptors (Lipinski definition) is 5. The second-order valence-corrected chi connectivity index (χ2v) is 7.97. The van der Waals surface area contributed by atoms with E-state index in [-0.39, 0.29) is 24.9 Å². The number of alkyl carbamates (subject to hydrolysis) is 1. The molecule has 3 N–H and O–H groups in total. The van der Waals surface area contributed by atoms with Gasteiger partial charge in [-0.3, -0.25) is 9.63 Å². The zero-order valence-electron chi connectivity index (χ0n) is 18.2. The lowest BCUT2D eigenvalue weighted by atomic mass is 9.98. The summed E-state index contributed by atoms with van der Waals surface area (Å²) in [6, 6.07) is 16.3. The zero-order valence-corrected chi connectivity index (χ0v) is 18.2. The Hall–Kier alpha value is -3.39. The van der Waals surface area contributed by atoms with Crippen LogP contribution in [0.15, 0.2) is 48.5 Å². The van der Waals surface area contributed by atoms with Gasteiger partial charge in [0.1, 0.15) is 6.61 Å². The molecule has 8 heteroatoms. The molecule has 0 saturated heterocycles. The minimum Gasteiger partial charge on any atom is -0.479 e. The van der Waals surface area contributed by atoms with Crippen molar-refractivity contribution in [1.29, 1.82) is 0 Å². The topological polar surface area (TPSA) is 114 Å². The first-order valence-corrected chi connectivity index (χ1v) is 10.6. The van der Waals surface area contributed by atoms with E-state index in [2.05, 4.69) is 35.1 Å². The summed E-state index contributed by atoms with van der Waals surface area (Å²) in [5, 5.41) is 11.4. The molecule has 170 valence electrons. The maximum absolute atomic E-state index is 12.2.